The third-order valence-corrected chi connectivity index (χ3v) is 5.18. The lowest BCUT2D eigenvalue weighted by Crippen LogP contribution is -2.42. The van der Waals surface area contributed by atoms with Crippen LogP contribution in [0.3, 0.4) is 0 Å². The van der Waals surface area contributed by atoms with Crippen LogP contribution in [0, 0.1) is 5.92 Å². The van der Waals surface area contributed by atoms with Crippen molar-refractivity contribution in [2.45, 2.75) is 77.9 Å². The smallest absolute Gasteiger partial charge is 0.335 e. The monoisotopic (exact) mass is 317 g/mol. The van der Waals surface area contributed by atoms with Gasteiger partial charge in [0.2, 0.25) is 0 Å². The minimum atomic E-state index is -0.844. The third kappa shape index (κ3) is 5.07. The van der Waals surface area contributed by atoms with Gasteiger partial charge in [0.25, 0.3) is 0 Å². The molecule has 23 heavy (non-hydrogen) atoms. The summed E-state index contributed by atoms with van der Waals surface area (Å²) in [5.74, 6) is 0.0728. The van der Waals surface area contributed by atoms with Crippen molar-refractivity contribution in [3.63, 3.8) is 0 Å². The number of carboxylic acids is 1. The van der Waals surface area contributed by atoms with Crippen LogP contribution in [0.2, 0.25) is 0 Å². The Morgan fingerprint density at radius 3 is 2.52 bits per heavy atom. The Kier molecular flexibility index (Phi) is 6.64. The van der Waals surface area contributed by atoms with E-state index in [0.717, 1.165) is 18.0 Å². The van der Waals surface area contributed by atoms with Gasteiger partial charge in [0.1, 0.15) is 0 Å². The Morgan fingerprint density at radius 1 is 1.26 bits per heavy atom. The van der Waals surface area contributed by atoms with Gasteiger partial charge in [-0.05, 0) is 63.1 Å². The molecule has 2 rings (SSSR count). The lowest BCUT2D eigenvalue weighted by Gasteiger charge is -2.39. The largest absolute Gasteiger partial charge is 0.478 e. The van der Waals surface area contributed by atoms with E-state index in [1.807, 2.05) is 18.2 Å². The lowest BCUT2D eigenvalue weighted by atomic mass is 9.82. The molecule has 0 spiro atoms. The first-order valence-corrected chi connectivity index (χ1v) is 9.09. The summed E-state index contributed by atoms with van der Waals surface area (Å²) in [6, 6.07) is 8.51. The van der Waals surface area contributed by atoms with E-state index in [9.17, 15) is 4.79 Å². The molecule has 3 heteroatoms. The van der Waals surface area contributed by atoms with E-state index in [-0.39, 0.29) is 0 Å². The van der Waals surface area contributed by atoms with E-state index in [0.29, 0.717) is 17.6 Å². The molecule has 1 aromatic carbocycles. The quantitative estimate of drug-likeness (QED) is 0.773. The molecule has 0 aliphatic heterocycles. The van der Waals surface area contributed by atoms with Crippen LogP contribution >= 0.6 is 0 Å². The molecule has 3 nitrogen and oxygen atoms in total. The molecule has 0 radical (unpaired) electrons. The summed E-state index contributed by atoms with van der Waals surface area (Å²) < 4.78 is 0. The Labute approximate surface area is 140 Å². The van der Waals surface area contributed by atoms with Gasteiger partial charge < -0.3 is 5.11 Å². The lowest BCUT2D eigenvalue weighted by molar-refractivity contribution is 0.0696. The number of benzene rings is 1. The Hall–Kier alpha value is -1.35. The highest BCUT2D eigenvalue weighted by Crippen LogP contribution is 2.32. The van der Waals surface area contributed by atoms with Gasteiger partial charge >= 0.3 is 5.97 Å². The highest BCUT2D eigenvalue weighted by molar-refractivity contribution is 5.87. The van der Waals surface area contributed by atoms with Gasteiger partial charge in [-0.2, -0.15) is 0 Å². The number of carboxylic acid groups (broad SMARTS) is 1. The molecule has 0 atom stereocenters. The standard InChI is InChI=1S/C20H31NO2/c1-4-6-16-9-11-19(12-10-16)21(15(2)3)14-17-7-5-8-18(13-17)20(22)23/h5,7-8,13,15-16,19H,4,6,9-12,14H2,1-3H3,(H,22,23). The summed E-state index contributed by atoms with van der Waals surface area (Å²) in [5, 5.41) is 9.17. The maximum atomic E-state index is 11.2. The number of nitrogens with zero attached hydrogens (tertiary/aromatic N) is 1. The van der Waals surface area contributed by atoms with Gasteiger partial charge in [-0.1, -0.05) is 31.9 Å². The van der Waals surface area contributed by atoms with Crippen LogP contribution in [-0.4, -0.2) is 28.1 Å². The van der Waals surface area contributed by atoms with Crippen molar-refractivity contribution >= 4 is 5.97 Å². The van der Waals surface area contributed by atoms with E-state index < -0.39 is 5.97 Å². The second-order valence-electron chi connectivity index (χ2n) is 7.23. The minimum absolute atomic E-state index is 0.387. The van der Waals surface area contributed by atoms with Crippen LogP contribution in [0.25, 0.3) is 0 Å². The zero-order chi connectivity index (χ0) is 16.8. The van der Waals surface area contributed by atoms with Gasteiger partial charge in [0.05, 0.1) is 5.56 Å². The average Bonchev–Trinajstić information content (AvgIpc) is 2.54. The van der Waals surface area contributed by atoms with Gasteiger partial charge in [0.15, 0.2) is 0 Å². The molecular formula is C20H31NO2. The van der Waals surface area contributed by atoms with Gasteiger partial charge in [0, 0.05) is 18.6 Å². The maximum absolute atomic E-state index is 11.2. The predicted molar refractivity (Wildman–Crippen MR) is 94.7 cm³/mol. The van der Waals surface area contributed by atoms with Gasteiger partial charge in [-0.25, -0.2) is 4.79 Å². The molecule has 0 amide bonds. The van der Waals surface area contributed by atoms with Crippen LogP contribution in [-0.2, 0) is 6.54 Å². The first-order valence-electron chi connectivity index (χ1n) is 9.09. The third-order valence-electron chi connectivity index (χ3n) is 5.18. The van der Waals surface area contributed by atoms with Gasteiger partial charge in [-0.3, -0.25) is 4.90 Å². The van der Waals surface area contributed by atoms with Crippen molar-refractivity contribution in [1.29, 1.82) is 0 Å². The molecule has 0 bridgehead atoms. The second-order valence-corrected chi connectivity index (χ2v) is 7.23. The highest BCUT2D eigenvalue weighted by atomic mass is 16.4. The number of carbonyl (C=O) groups is 1. The summed E-state index contributed by atoms with van der Waals surface area (Å²) in [7, 11) is 0. The number of aromatic carboxylic acids is 1. The van der Waals surface area contributed by atoms with Crippen molar-refractivity contribution in [3.05, 3.63) is 35.4 Å². The minimum Gasteiger partial charge on any atom is -0.478 e. The van der Waals surface area contributed by atoms with Crippen LogP contribution < -0.4 is 0 Å². The molecule has 128 valence electrons. The van der Waals surface area contributed by atoms with E-state index in [4.69, 9.17) is 5.11 Å². The normalized spacial score (nSPS) is 21.8. The predicted octanol–water partition coefficient (Wildman–Crippen LogP) is 4.95. The average molecular weight is 317 g/mol. The van der Waals surface area contributed by atoms with Crippen LogP contribution in [0.15, 0.2) is 24.3 Å². The van der Waals surface area contributed by atoms with E-state index in [2.05, 4.69) is 25.7 Å². The molecule has 1 aliphatic rings. The molecule has 0 heterocycles. The fraction of sp³-hybridized carbons (Fsp3) is 0.650. The molecule has 1 N–H and O–H groups in total. The van der Waals surface area contributed by atoms with Crippen LogP contribution in [0.1, 0.15) is 75.2 Å². The van der Waals surface area contributed by atoms with Crippen molar-refractivity contribution in [2.24, 2.45) is 5.92 Å². The summed E-state index contributed by atoms with van der Waals surface area (Å²) in [6.45, 7) is 7.63. The molecule has 1 aromatic rings. The first kappa shape index (κ1) is 18.0. The SMILES string of the molecule is CCCC1CCC(N(Cc2cccc(C(=O)O)c2)C(C)C)CC1. The Bertz CT molecular complexity index is 504. The van der Waals surface area contributed by atoms with E-state index >= 15 is 0 Å². The summed E-state index contributed by atoms with van der Waals surface area (Å²) in [6.07, 6.45) is 7.91. The topological polar surface area (TPSA) is 40.5 Å². The summed E-state index contributed by atoms with van der Waals surface area (Å²) >= 11 is 0. The zero-order valence-electron chi connectivity index (χ0n) is 14.8. The number of hydrogen-bond acceptors (Lipinski definition) is 2. The molecule has 1 saturated carbocycles. The first-order chi connectivity index (χ1) is 11.0. The van der Waals surface area contributed by atoms with E-state index in [1.165, 1.54) is 38.5 Å². The molecule has 0 saturated heterocycles. The van der Waals surface area contributed by atoms with Crippen molar-refractivity contribution in [3.8, 4) is 0 Å². The molecule has 1 fully saturated rings. The van der Waals surface area contributed by atoms with Crippen LogP contribution in [0.5, 0.6) is 0 Å². The van der Waals surface area contributed by atoms with Gasteiger partial charge in [-0.15, -0.1) is 0 Å². The zero-order valence-corrected chi connectivity index (χ0v) is 14.8. The van der Waals surface area contributed by atoms with Crippen molar-refractivity contribution in [1.82, 2.24) is 4.90 Å². The van der Waals surface area contributed by atoms with Crippen LogP contribution in [0.4, 0.5) is 0 Å². The van der Waals surface area contributed by atoms with Crippen molar-refractivity contribution in [2.75, 3.05) is 0 Å². The Balaban J connectivity index is 2.02. The summed E-state index contributed by atoms with van der Waals surface area (Å²) in [5.41, 5.74) is 1.49. The molecular weight excluding hydrogens is 286 g/mol. The summed E-state index contributed by atoms with van der Waals surface area (Å²) in [4.78, 5) is 13.7. The van der Waals surface area contributed by atoms with Crippen molar-refractivity contribution < 1.29 is 9.90 Å². The Morgan fingerprint density at radius 2 is 1.96 bits per heavy atom. The molecule has 1 aliphatic carbocycles. The fourth-order valence-electron chi connectivity index (χ4n) is 3.92. The number of hydrogen-bond donors (Lipinski definition) is 1. The molecule has 0 unspecified atom stereocenters. The second kappa shape index (κ2) is 8.49. The highest BCUT2D eigenvalue weighted by Gasteiger charge is 2.27. The van der Waals surface area contributed by atoms with E-state index in [1.54, 1.807) is 6.07 Å². The number of rotatable bonds is 7. The maximum Gasteiger partial charge on any atom is 0.335 e. The fourth-order valence-corrected chi connectivity index (χ4v) is 3.92. The molecule has 0 aromatic heterocycles.